The fraction of sp³-hybridized carbons (Fsp3) is 0.286. The molecule has 1 fully saturated rings. The Morgan fingerprint density at radius 1 is 1.34 bits per heavy atom. The summed E-state index contributed by atoms with van der Waals surface area (Å²) in [4.78, 5) is 24.3. The Morgan fingerprint density at radius 3 is 2.93 bits per heavy atom. The van der Waals surface area contributed by atoms with Crippen molar-refractivity contribution in [3.05, 3.63) is 42.0 Å². The standard InChI is InChI=1S/C21H21FN6O/c1-23-20-17-18(28(2)10-25-17)14-8-16(26-19(14)27-20)12-5-6-15(22)13(7-12)9-24-21(29)11-3-4-11/h5-8,10-11H,3-4,9H2,1-2H3,(H,24,29)(H2,23,26,27). The molecule has 0 unspecified atom stereocenters. The van der Waals surface area contributed by atoms with E-state index in [4.69, 9.17) is 0 Å². The van der Waals surface area contributed by atoms with Crippen molar-refractivity contribution in [1.82, 2.24) is 24.8 Å². The third kappa shape index (κ3) is 3.00. The first kappa shape index (κ1) is 17.7. The molecular formula is C21H21FN6O. The van der Waals surface area contributed by atoms with Crippen LogP contribution in [-0.2, 0) is 18.4 Å². The van der Waals surface area contributed by atoms with E-state index in [1.807, 2.05) is 24.7 Å². The monoisotopic (exact) mass is 392 g/mol. The molecule has 3 N–H and O–H groups in total. The lowest BCUT2D eigenvalue weighted by molar-refractivity contribution is -0.122. The molecule has 1 aliphatic rings. The maximum absolute atomic E-state index is 14.3. The molecule has 0 aliphatic heterocycles. The molecule has 1 amide bonds. The maximum atomic E-state index is 14.3. The molecule has 8 heteroatoms. The van der Waals surface area contributed by atoms with Crippen molar-refractivity contribution >= 4 is 33.8 Å². The first-order valence-corrected chi connectivity index (χ1v) is 9.63. The highest BCUT2D eigenvalue weighted by Gasteiger charge is 2.29. The second-order valence-electron chi connectivity index (χ2n) is 7.51. The fourth-order valence-electron chi connectivity index (χ4n) is 3.68. The van der Waals surface area contributed by atoms with Gasteiger partial charge in [-0.15, -0.1) is 0 Å². The van der Waals surface area contributed by atoms with Gasteiger partial charge in [0.15, 0.2) is 5.82 Å². The Bertz CT molecular complexity index is 1250. The minimum atomic E-state index is -0.328. The average Bonchev–Trinajstić information content (AvgIpc) is 3.38. The van der Waals surface area contributed by atoms with Crippen LogP contribution in [0, 0.1) is 11.7 Å². The Balaban J connectivity index is 1.55. The van der Waals surface area contributed by atoms with Gasteiger partial charge in [0.25, 0.3) is 0 Å². The van der Waals surface area contributed by atoms with Crippen LogP contribution in [0.4, 0.5) is 10.2 Å². The van der Waals surface area contributed by atoms with Crippen LogP contribution in [0.25, 0.3) is 33.3 Å². The number of amides is 1. The van der Waals surface area contributed by atoms with E-state index in [0.717, 1.165) is 46.2 Å². The normalized spacial score (nSPS) is 13.9. The van der Waals surface area contributed by atoms with E-state index >= 15 is 0 Å². The summed E-state index contributed by atoms with van der Waals surface area (Å²) in [5.41, 5.74) is 4.63. The number of aromatic nitrogens is 4. The molecule has 1 aliphatic carbocycles. The van der Waals surface area contributed by atoms with Crippen molar-refractivity contribution in [2.75, 3.05) is 12.4 Å². The number of nitrogens with one attached hydrogen (secondary N) is 3. The third-order valence-electron chi connectivity index (χ3n) is 5.43. The number of nitrogens with zero attached hydrogens (tertiary/aromatic N) is 3. The predicted molar refractivity (Wildman–Crippen MR) is 110 cm³/mol. The second kappa shape index (κ2) is 6.58. The van der Waals surface area contributed by atoms with Gasteiger partial charge in [0.2, 0.25) is 5.91 Å². The number of carbonyl (C=O) groups is 1. The largest absolute Gasteiger partial charge is 0.371 e. The third-order valence-corrected chi connectivity index (χ3v) is 5.43. The van der Waals surface area contributed by atoms with Crippen LogP contribution in [0.2, 0.25) is 0 Å². The Kier molecular flexibility index (Phi) is 4.01. The molecule has 7 nitrogen and oxygen atoms in total. The summed E-state index contributed by atoms with van der Waals surface area (Å²) in [6.07, 6.45) is 3.61. The van der Waals surface area contributed by atoms with Gasteiger partial charge in [0, 0.05) is 43.2 Å². The van der Waals surface area contributed by atoms with E-state index < -0.39 is 0 Å². The molecule has 5 rings (SSSR count). The molecular weight excluding hydrogens is 371 g/mol. The molecule has 1 saturated carbocycles. The van der Waals surface area contributed by atoms with Crippen LogP contribution in [0.3, 0.4) is 0 Å². The number of aromatic amines is 1. The highest BCUT2D eigenvalue weighted by molar-refractivity contribution is 6.07. The summed E-state index contributed by atoms with van der Waals surface area (Å²) in [7, 11) is 3.76. The smallest absolute Gasteiger partial charge is 0.223 e. The van der Waals surface area contributed by atoms with Crippen LogP contribution < -0.4 is 10.6 Å². The number of carbonyl (C=O) groups excluding carboxylic acids is 1. The molecule has 0 spiro atoms. The minimum Gasteiger partial charge on any atom is -0.371 e. The molecule has 148 valence electrons. The molecule has 29 heavy (non-hydrogen) atoms. The maximum Gasteiger partial charge on any atom is 0.223 e. The van der Waals surface area contributed by atoms with Gasteiger partial charge in [-0.25, -0.2) is 14.4 Å². The van der Waals surface area contributed by atoms with Crippen LogP contribution >= 0.6 is 0 Å². The number of fused-ring (bicyclic) bond motifs is 3. The number of halogens is 1. The first-order valence-electron chi connectivity index (χ1n) is 9.63. The molecule has 0 saturated heterocycles. The Labute approximate surface area is 166 Å². The quantitative estimate of drug-likeness (QED) is 0.486. The van der Waals surface area contributed by atoms with Crippen LogP contribution in [-0.4, -0.2) is 32.5 Å². The zero-order chi connectivity index (χ0) is 20.1. The van der Waals surface area contributed by atoms with E-state index in [9.17, 15) is 9.18 Å². The van der Waals surface area contributed by atoms with Gasteiger partial charge in [0.05, 0.1) is 11.8 Å². The van der Waals surface area contributed by atoms with E-state index in [2.05, 4.69) is 25.6 Å². The summed E-state index contributed by atoms with van der Waals surface area (Å²) >= 11 is 0. The van der Waals surface area contributed by atoms with Crippen LogP contribution in [0.1, 0.15) is 18.4 Å². The highest BCUT2D eigenvalue weighted by Crippen LogP contribution is 2.32. The van der Waals surface area contributed by atoms with Crippen molar-refractivity contribution in [3.8, 4) is 11.3 Å². The topological polar surface area (TPSA) is 87.6 Å². The van der Waals surface area contributed by atoms with Crippen LogP contribution in [0.5, 0.6) is 0 Å². The van der Waals surface area contributed by atoms with Crippen LogP contribution in [0.15, 0.2) is 30.6 Å². The van der Waals surface area contributed by atoms with Gasteiger partial charge in [-0.1, -0.05) is 0 Å². The lowest BCUT2D eigenvalue weighted by Gasteiger charge is -2.08. The van der Waals surface area contributed by atoms with E-state index in [1.165, 1.54) is 6.07 Å². The number of rotatable bonds is 5. The van der Waals surface area contributed by atoms with Gasteiger partial charge in [-0.2, -0.15) is 0 Å². The average molecular weight is 392 g/mol. The summed E-state index contributed by atoms with van der Waals surface area (Å²) in [5.74, 6) is 0.473. The number of hydrogen-bond donors (Lipinski definition) is 3. The van der Waals surface area contributed by atoms with E-state index in [1.54, 1.807) is 18.5 Å². The lowest BCUT2D eigenvalue weighted by Crippen LogP contribution is -2.24. The highest BCUT2D eigenvalue weighted by atomic mass is 19.1. The summed E-state index contributed by atoms with van der Waals surface area (Å²) in [5, 5.41) is 6.86. The van der Waals surface area contributed by atoms with Crippen molar-refractivity contribution in [3.63, 3.8) is 0 Å². The van der Waals surface area contributed by atoms with E-state index in [-0.39, 0.29) is 24.2 Å². The number of pyridine rings is 1. The number of benzene rings is 1. The number of imidazole rings is 1. The molecule has 0 radical (unpaired) electrons. The van der Waals surface area contributed by atoms with Gasteiger partial charge in [-0.05, 0) is 42.7 Å². The molecule has 3 heterocycles. The van der Waals surface area contributed by atoms with Gasteiger partial charge < -0.3 is 20.2 Å². The predicted octanol–water partition coefficient (Wildman–Crippen LogP) is 3.32. The number of anilines is 1. The first-order chi connectivity index (χ1) is 14.0. The van der Waals surface area contributed by atoms with Crippen molar-refractivity contribution < 1.29 is 9.18 Å². The number of H-pyrrole nitrogens is 1. The molecule has 0 atom stereocenters. The minimum absolute atomic E-state index is 0.00260. The number of aryl methyl sites for hydroxylation is 1. The summed E-state index contributed by atoms with van der Waals surface area (Å²) in [6, 6.07) is 6.94. The van der Waals surface area contributed by atoms with Crippen molar-refractivity contribution in [2.45, 2.75) is 19.4 Å². The zero-order valence-electron chi connectivity index (χ0n) is 16.2. The summed E-state index contributed by atoms with van der Waals surface area (Å²) in [6.45, 7) is 0.184. The SMILES string of the molecule is CNc1nc2[nH]c(-c3ccc(F)c(CNC(=O)C4CC4)c3)cc2c2c1ncn2C. The van der Waals surface area contributed by atoms with Crippen molar-refractivity contribution in [1.29, 1.82) is 0 Å². The summed E-state index contributed by atoms with van der Waals surface area (Å²) < 4.78 is 16.2. The molecule has 1 aromatic carbocycles. The molecule has 0 bridgehead atoms. The van der Waals surface area contributed by atoms with Gasteiger partial charge in [-0.3, -0.25) is 4.79 Å². The van der Waals surface area contributed by atoms with Crippen molar-refractivity contribution in [2.24, 2.45) is 13.0 Å². The van der Waals surface area contributed by atoms with Gasteiger partial charge in [0.1, 0.15) is 17.0 Å². The molecule has 3 aromatic heterocycles. The van der Waals surface area contributed by atoms with Gasteiger partial charge >= 0.3 is 0 Å². The second-order valence-corrected chi connectivity index (χ2v) is 7.51. The fourth-order valence-corrected chi connectivity index (χ4v) is 3.68. The molecule has 4 aromatic rings. The number of hydrogen-bond acceptors (Lipinski definition) is 4. The Morgan fingerprint density at radius 2 is 2.17 bits per heavy atom. The van der Waals surface area contributed by atoms with E-state index in [0.29, 0.717) is 11.4 Å². The Hall–Kier alpha value is -3.42. The lowest BCUT2D eigenvalue weighted by atomic mass is 10.1. The zero-order valence-corrected chi connectivity index (χ0v) is 16.2.